The quantitative estimate of drug-likeness (QED) is 0.0728. The number of rotatable bonds is 21. The maximum Gasteiger partial charge on any atom is 0.314 e. The summed E-state index contributed by atoms with van der Waals surface area (Å²) < 4.78 is 17.4. The van der Waals surface area contributed by atoms with Gasteiger partial charge < -0.3 is 19.1 Å². The number of halogens is 2. The van der Waals surface area contributed by atoms with E-state index < -0.39 is 5.41 Å². The van der Waals surface area contributed by atoms with Crippen molar-refractivity contribution in [3.05, 3.63) is 52.0 Å². The molecule has 0 atom stereocenters. The summed E-state index contributed by atoms with van der Waals surface area (Å²) in [5, 5.41) is 1.24. The lowest BCUT2D eigenvalue weighted by Crippen LogP contribution is -2.46. The van der Waals surface area contributed by atoms with Gasteiger partial charge in [-0.1, -0.05) is 106 Å². The van der Waals surface area contributed by atoms with Gasteiger partial charge in [0, 0.05) is 38.7 Å². The number of nitrogens with zero attached hydrogens (tertiary/aromatic N) is 3. The predicted octanol–water partition coefficient (Wildman–Crippen LogP) is 10.8. The van der Waals surface area contributed by atoms with Crippen LogP contribution in [-0.2, 0) is 20.7 Å². The first-order valence-electron chi connectivity index (χ1n) is 18.8. The Labute approximate surface area is 305 Å². The van der Waals surface area contributed by atoms with Crippen LogP contribution >= 0.6 is 23.2 Å². The second-order valence-corrected chi connectivity index (χ2v) is 15.0. The molecular weight excluding hydrogens is 657 g/mol. The zero-order valence-corrected chi connectivity index (χ0v) is 31.8. The van der Waals surface area contributed by atoms with E-state index in [0.29, 0.717) is 29.0 Å². The molecule has 272 valence electrons. The van der Waals surface area contributed by atoms with Crippen LogP contribution in [0, 0.1) is 5.41 Å². The number of hydrogen-bond donors (Lipinski definition) is 0. The molecular formula is C40H59Cl2N3O4. The van der Waals surface area contributed by atoms with E-state index in [1.54, 1.807) is 0 Å². The number of benzene rings is 2. The third kappa shape index (κ3) is 13.3. The Balaban J connectivity index is 1.08. The molecule has 0 saturated carbocycles. The van der Waals surface area contributed by atoms with Crippen LogP contribution in [0.25, 0.3) is 0 Å². The summed E-state index contributed by atoms with van der Waals surface area (Å²) >= 11 is 12.6. The summed E-state index contributed by atoms with van der Waals surface area (Å²) in [6.45, 7) is 11.7. The van der Waals surface area contributed by atoms with Crippen molar-refractivity contribution < 1.29 is 19.0 Å². The molecule has 0 N–H and O–H groups in total. The highest BCUT2D eigenvalue weighted by Gasteiger charge is 2.29. The number of carbonyl (C=O) groups excluding carboxylic acids is 1. The van der Waals surface area contributed by atoms with E-state index >= 15 is 0 Å². The normalized spacial score (nSPS) is 15.1. The summed E-state index contributed by atoms with van der Waals surface area (Å²) in [4.78, 5) is 22.3. The van der Waals surface area contributed by atoms with E-state index in [4.69, 9.17) is 42.4 Å². The van der Waals surface area contributed by atoms with Gasteiger partial charge in [0.25, 0.3) is 0 Å². The average molecular weight is 717 g/mol. The highest BCUT2D eigenvalue weighted by molar-refractivity contribution is 6.43. The van der Waals surface area contributed by atoms with Crippen LogP contribution in [0.5, 0.6) is 5.75 Å². The first kappa shape index (κ1) is 39.3. The molecule has 0 spiro atoms. The van der Waals surface area contributed by atoms with E-state index in [1.807, 2.05) is 44.2 Å². The van der Waals surface area contributed by atoms with Crippen molar-refractivity contribution in [3.63, 3.8) is 0 Å². The van der Waals surface area contributed by atoms with Gasteiger partial charge >= 0.3 is 5.97 Å². The summed E-state index contributed by atoms with van der Waals surface area (Å²) in [5.74, 6) is 1.21. The van der Waals surface area contributed by atoms with Crippen LogP contribution in [0.2, 0.25) is 10.0 Å². The highest BCUT2D eigenvalue weighted by Crippen LogP contribution is 2.33. The van der Waals surface area contributed by atoms with Gasteiger partial charge in [-0.3, -0.25) is 9.69 Å². The molecule has 2 aliphatic rings. The first-order valence-corrected chi connectivity index (χ1v) is 19.6. The zero-order chi connectivity index (χ0) is 34.9. The minimum atomic E-state index is -0.516. The number of aliphatic imine (C=N–C) groups is 1. The minimum Gasteiger partial charge on any atom is -0.494 e. The molecule has 1 saturated heterocycles. The second-order valence-electron chi connectivity index (χ2n) is 14.3. The smallest absolute Gasteiger partial charge is 0.314 e. The molecule has 0 amide bonds. The summed E-state index contributed by atoms with van der Waals surface area (Å²) in [6, 6.07) is 11.9. The SMILES string of the molecule is CCCCCCCCCCCCC(C)(C)C(=O)OCOC1=Nc2cc(OCCCCN3CCN(c4cccc(Cl)c4Cl)CC3)ccc2CC1. The molecule has 7 nitrogen and oxygen atoms in total. The van der Waals surface area contributed by atoms with Gasteiger partial charge in [0.1, 0.15) is 5.75 Å². The molecule has 0 bridgehead atoms. The number of unbranched alkanes of at least 4 members (excludes halogenated alkanes) is 10. The van der Waals surface area contributed by atoms with Crippen molar-refractivity contribution in [3.8, 4) is 5.75 Å². The lowest BCUT2D eigenvalue weighted by molar-refractivity contribution is -0.162. The molecule has 4 rings (SSSR count). The Hall–Kier alpha value is -2.48. The number of piperazine rings is 1. The zero-order valence-electron chi connectivity index (χ0n) is 30.3. The highest BCUT2D eigenvalue weighted by atomic mass is 35.5. The third-order valence-corrected chi connectivity index (χ3v) is 10.6. The maximum absolute atomic E-state index is 12.8. The maximum atomic E-state index is 12.8. The number of hydrogen-bond acceptors (Lipinski definition) is 7. The van der Waals surface area contributed by atoms with E-state index in [2.05, 4.69) is 22.8 Å². The molecule has 2 aromatic carbocycles. The Kier molecular flexibility index (Phi) is 16.9. The van der Waals surface area contributed by atoms with Gasteiger partial charge in [-0.15, -0.1) is 0 Å². The van der Waals surface area contributed by atoms with Gasteiger partial charge in [-0.2, -0.15) is 0 Å². The Morgan fingerprint density at radius 2 is 1.55 bits per heavy atom. The van der Waals surface area contributed by atoms with E-state index in [0.717, 1.165) is 82.0 Å². The summed E-state index contributed by atoms with van der Waals surface area (Å²) in [6.07, 6.45) is 17.3. The number of aryl methyl sites for hydroxylation is 1. The molecule has 49 heavy (non-hydrogen) atoms. The Morgan fingerprint density at radius 3 is 2.29 bits per heavy atom. The third-order valence-electron chi connectivity index (χ3n) is 9.82. The van der Waals surface area contributed by atoms with Crippen LogP contribution in [0.1, 0.15) is 116 Å². The van der Waals surface area contributed by atoms with Crippen LogP contribution in [0.15, 0.2) is 41.4 Å². The van der Waals surface area contributed by atoms with Crippen molar-refractivity contribution in [2.24, 2.45) is 10.4 Å². The fourth-order valence-electron chi connectivity index (χ4n) is 6.56. The fourth-order valence-corrected chi connectivity index (χ4v) is 6.98. The average Bonchev–Trinajstić information content (AvgIpc) is 3.10. The molecule has 9 heteroatoms. The Bertz CT molecular complexity index is 1330. The van der Waals surface area contributed by atoms with Crippen LogP contribution < -0.4 is 9.64 Å². The molecule has 1 fully saturated rings. The van der Waals surface area contributed by atoms with Crippen LogP contribution in [-0.4, -0.2) is 62.9 Å². The number of anilines is 1. The molecule has 0 radical (unpaired) electrons. The molecule has 2 aromatic rings. The molecule has 2 aliphatic heterocycles. The van der Waals surface area contributed by atoms with Gasteiger partial charge in [0.15, 0.2) is 5.90 Å². The van der Waals surface area contributed by atoms with Crippen molar-refractivity contribution in [1.82, 2.24) is 4.90 Å². The molecule has 0 aliphatic carbocycles. The van der Waals surface area contributed by atoms with Crippen LogP contribution in [0.4, 0.5) is 11.4 Å². The fraction of sp³-hybridized carbons (Fsp3) is 0.650. The van der Waals surface area contributed by atoms with Crippen molar-refractivity contribution in [1.29, 1.82) is 0 Å². The van der Waals surface area contributed by atoms with Crippen LogP contribution in [0.3, 0.4) is 0 Å². The summed E-state index contributed by atoms with van der Waals surface area (Å²) in [7, 11) is 0. The topological polar surface area (TPSA) is 63.6 Å². The van der Waals surface area contributed by atoms with E-state index in [9.17, 15) is 4.79 Å². The Morgan fingerprint density at radius 1 is 0.837 bits per heavy atom. The largest absolute Gasteiger partial charge is 0.494 e. The monoisotopic (exact) mass is 715 g/mol. The number of esters is 1. The standard InChI is InChI=1S/C40H59Cl2N3O4/c1-4-5-6-7-8-9-10-11-12-13-23-40(2,3)39(46)49-31-48-37-22-20-32-19-21-33(30-35(32)43-37)47-29-15-14-24-44-25-27-45(28-26-44)36-18-16-17-34(41)38(36)42/h16-19,21,30H,4-15,20,22-29,31H2,1-3H3. The number of carbonyl (C=O) groups is 1. The van der Waals surface area contributed by atoms with Crippen molar-refractivity contribution in [2.45, 2.75) is 117 Å². The predicted molar refractivity (Wildman–Crippen MR) is 204 cm³/mol. The molecule has 0 unspecified atom stereocenters. The summed E-state index contributed by atoms with van der Waals surface area (Å²) in [5.41, 5.74) is 2.54. The van der Waals surface area contributed by atoms with Crippen molar-refractivity contribution >= 4 is 46.4 Å². The van der Waals surface area contributed by atoms with Gasteiger partial charge in [-0.25, -0.2) is 4.99 Å². The van der Waals surface area contributed by atoms with Gasteiger partial charge in [-0.05, 0) is 69.8 Å². The number of ether oxygens (including phenoxy) is 3. The van der Waals surface area contributed by atoms with E-state index in [-0.39, 0.29) is 12.8 Å². The van der Waals surface area contributed by atoms with Gasteiger partial charge in [0.2, 0.25) is 6.79 Å². The lowest BCUT2D eigenvalue weighted by atomic mass is 9.87. The first-order chi connectivity index (χ1) is 23.8. The lowest BCUT2D eigenvalue weighted by Gasteiger charge is -2.36. The van der Waals surface area contributed by atoms with E-state index in [1.165, 1.54) is 63.4 Å². The minimum absolute atomic E-state index is 0.103. The van der Waals surface area contributed by atoms with Crippen molar-refractivity contribution in [2.75, 3.05) is 51.0 Å². The van der Waals surface area contributed by atoms with Gasteiger partial charge in [0.05, 0.1) is 33.4 Å². The molecule has 2 heterocycles. The number of fused-ring (bicyclic) bond motifs is 1. The molecule has 0 aromatic heterocycles. The second kappa shape index (κ2) is 21.0.